The number of benzene rings is 1. The number of allylic oxidation sites excluding steroid dienone is 1. The molecule has 0 fully saturated rings. The van der Waals surface area contributed by atoms with Crippen LogP contribution in [0.2, 0.25) is 0 Å². The smallest absolute Gasteiger partial charge is 0.0297 e. The van der Waals surface area contributed by atoms with Gasteiger partial charge < -0.3 is 5.32 Å². The Balaban J connectivity index is 1.96. The standard InChI is InChI=1S/C14H18BrN/c1-11(12-7-9-13(15)10-8-12)16-14-5-3-2-4-6-14/h3,5,7-11,14,16H,2,4,6H2,1H3. The van der Waals surface area contributed by atoms with Crippen molar-refractivity contribution in [2.75, 3.05) is 0 Å². The van der Waals surface area contributed by atoms with E-state index >= 15 is 0 Å². The van der Waals surface area contributed by atoms with E-state index in [0.717, 1.165) is 4.47 Å². The molecule has 0 aromatic heterocycles. The SMILES string of the molecule is CC(NC1C=CCCC1)c1ccc(Br)cc1. The lowest BCUT2D eigenvalue weighted by atomic mass is 10.0. The second kappa shape index (κ2) is 5.65. The fourth-order valence-corrected chi connectivity index (χ4v) is 2.38. The van der Waals surface area contributed by atoms with Crippen LogP contribution in [0.5, 0.6) is 0 Å². The summed E-state index contributed by atoms with van der Waals surface area (Å²) >= 11 is 3.46. The Morgan fingerprint density at radius 3 is 2.69 bits per heavy atom. The summed E-state index contributed by atoms with van der Waals surface area (Å²) in [6.07, 6.45) is 8.40. The Bertz CT molecular complexity index is 356. The summed E-state index contributed by atoms with van der Waals surface area (Å²) in [6, 6.07) is 9.52. The topological polar surface area (TPSA) is 12.0 Å². The number of nitrogens with one attached hydrogen (secondary N) is 1. The van der Waals surface area contributed by atoms with Crippen LogP contribution in [-0.2, 0) is 0 Å². The van der Waals surface area contributed by atoms with Crippen LogP contribution in [0.25, 0.3) is 0 Å². The fraction of sp³-hybridized carbons (Fsp3) is 0.429. The van der Waals surface area contributed by atoms with E-state index in [1.165, 1.54) is 24.8 Å². The van der Waals surface area contributed by atoms with Gasteiger partial charge in [0.2, 0.25) is 0 Å². The summed E-state index contributed by atoms with van der Waals surface area (Å²) in [4.78, 5) is 0. The molecule has 2 rings (SSSR count). The molecule has 1 N–H and O–H groups in total. The molecule has 2 unspecified atom stereocenters. The highest BCUT2D eigenvalue weighted by Crippen LogP contribution is 2.19. The largest absolute Gasteiger partial charge is 0.304 e. The lowest BCUT2D eigenvalue weighted by Gasteiger charge is -2.23. The maximum absolute atomic E-state index is 3.65. The summed E-state index contributed by atoms with van der Waals surface area (Å²) in [6.45, 7) is 2.23. The molecule has 86 valence electrons. The van der Waals surface area contributed by atoms with E-state index in [-0.39, 0.29) is 0 Å². The number of rotatable bonds is 3. The number of halogens is 1. The summed E-state index contributed by atoms with van der Waals surface area (Å²) in [5, 5.41) is 3.65. The lowest BCUT2D eigenvalue weighted by Crippen LogP contribution is -2.30. The molecular formula is C14H18BrN. The predicted octanol–water partition coefficient (Wildman–Crippen LogP) is 4.21. The van der Waals surface area contributed by atoms with E-state index in [9.17, 15) is 0 Å². The first-order valence-corrected chi connectivity index (χ1v) is 6.73. The molecule has 1 aromatic rings. The second-order valence-corrected chi connectivity index (χ2v) is 5.32. The van der Waals surface area contributed by atoms with Crippen molar-refractivity contribution in [1.82, 2.24) is 5.32 Å². The molecule has 0 saturated carbocycles. The molecule has 1 nitrogen and oxygen atoms in total. The predicted molar refractivity (Wildman–Crippen MR) is 72.5 cm³/mol. The van der Waals surface area contributed by atoms with Gasteiger partial charge in [0.05, 0.1) is 0 Å². The minimum absolute atomic E-state index is 0.417. The highest BCUT2D eigenvalue weighted by molar-refractivity contribution is 9.10. The van der Waals surface area contributed by atoms with Crippen LogP contribution < -0.4 is 5.32 Å². The average Bonchev–Trinajstić information content (AvgIpc) is 2.31. The molecule has 1 aliphatic rings. The first kappa shape index (κ1) is 11.9. The quantitative estimate of drug-likeness (QED) is 0.818. The van der Waals surface area contributed by atoms with Crippen molar-refractivity contribution in [2.24, 2.45) is 0 Å². The highest BCUT2D eigenvalue weighted by Gasteiger charge is 2.12. The van der Waals surface area contributed by atoms with E-state index in [0.29, 0.717) is 12.1 Å². The summed E-state index contributed by atoms with van der Waals surface area (Å²) in [5.41, 5.74) is 1.35. The van der Waals surface area contributed by atoms with Crippen LogP contribution in [0.15, 0.2) is 40.9 Å². The van der Waals surface area contributed by atoms with E-state index in [2.05, 4.69) is 64.6 Å². The van der Waals surface area contributed by atoms with Gasteiger partial charge in [-0.15, -0.1) is 0 Å². The Kier molecular flexibility index (Phi) is 4.19. The van der Waals surface area contributed by atoms with Gasteiger partial charge in [-0.2, -0.15) is 0 Å². The van der Waals surface area contributed by atoms with Crippen molar-refractivity contribution < 1.29 is 0 Å². The molecule has 1 aliphatic carbocycles. The first-order chi connectivity index (χ1) is 7.75. The van der Waals surface area contributed by atoms with Gasteiger partial charge in [0, 0.05) is 16.6 Å². The molecule has 0 radical (unpaired) electrons. The Hall–Kier alpha value is -0.600. The van der Waals surface area contributed by atoms with E-state index < -0.39 is 0 Å². The van der Waals surface area contributed by atoms with Crippen LogP contribution in [0, 0.1) is 0 Å². The monoisotopic (exact) mass is 279 g/mol. The summed E-state index contributed by atoms with van der Waals surface area (Å²) in [5.74, 6) is 0. The number of hydrogen-bond acceptors (Lipinski definition) is 1. The third kappa shape index (κ3) is 3.19. The molecule has 2 atom stereocenters. The fourth-order valence-electron chi connectivity index (χ4n) is 2.12. The maximum atomic E-state index is 3.65. The van der Waals surface area contributed by atoms with Gasteiger partial charge in [-0.25, -0.2) is 0 Å². The highest BCUT2D eigenvalue weighted by atomic mass is 79.9. The Morgan fingerprint density at radius 1 is 1.31 bits per heavy atom. The summed E-state index contributed by atoms with van der Waals surface area (Å²) in [7, 11) is 0. The van der Waals surface area contributed by atoms with Gasteiger partial charge in [-0.1, -0.05) is 40.2 Å². The van der Waals surface area contributed by atoms with Crippen molar-refractivity contribution >= 4 is 15.9 Å². The second-order valence-electron chi connectivity index (χ2n) is 4.41. The van der Waals surface area contributed by atoms with Crippen LogP contribution in [-0.4, -0.2) is 6.04 Å². The van der Waals surface area contributed by atoms with Gasteiger partial charge in [-0.05, 0) is 43.9 Å². The van der Waals surface area contributed by atoms with E-state index in [4.69, 9.17) is 0 Å². The molecule has 0 saturated heterocycles. The summed E-state index contributed by atoms with van der Waals surface area (Å²) < 4.78 is 1.14. The zero-order chi connectivity index (χ0) is 11.4. The van der Waals surface area contributed by atoms with Crippen LogP contribution in [0.4, 0.5) is 0 Å². The minimum atomic E-state index is 0.417. The van der Waals surface area contributed by atoms with Gasteiger partial charge in [-0.3, -0.25) is 0 Å². The van der Waals surface area contributed by atoms with Gasteiger partial charge in [0.25, 0.3) is 0 Å². The third-order valence-corrected chi connectivity index (χ3v) is 3.62. The molecule has 0 aliphatic heterocycles. The molecule has 0 bridgehead atoms. The Labute approximate surface area is 106 Å². The maximum Gasteiger partial charge on any atom is 0.0297 e. The zero-order valence-electron chi connectivity index (χ0n) is 9.62. The van der Waals surface area contributed by atoms with Crippen molar-refractivity contribution in [3.8, 4) is 0 Å². The van der Waals surface area contributed by atoms with Gasteiger partial charge >= 0.3 is 0 Å². The normalized spacial score (nSPS) is 22.0. The molecule has 0 amide bonds. The van der Waals surface area contributed by atoms with Gasteiger partial charge in [0.1, 0.15) is 0 Å². The molecule has 2 heteroatoms. The molecule has 16 heavy (non-hydrogen) atoms. The minimum Gasteiger partial charge on any atom is -0.304 e. The van der Waals surface area contributed by atoms with Crippen LogP contribution in [0.1, 0.15) is 37.8 Å². The van der Waals surface area contributed by atoms with Crippen molar-refractivity contribution in [2.45, 2.75) is 38.3 Å². The van der Waals surface area contributed by atoms with E-state index in [1.54, 1.807) is 0 Å². The molecular weight excluding hydrogens is 262 g/mol. The zero-order valence-corrected chi connectivity index (χ0v) is 11.2. The average molecular weight is 280 g/mol. The van der Waals surface area contributed by atoms with Crippen LogP contribution in [0.3, 0.4) is 0 Å². The molecule has 1 aromatic carbocycles. The van der Waals surface area contributed by atoms with Crippen molar-refractivity contribution in [3.63, 3.8) is 0 Å². The van der Waals surface area contributed by atoms with Crippen molar-refractivity contribution in [1.29, 1.82) is 0 Å². The number of hydrogen-bond donors (Lipinski definition) is 1. The third-order valence-electron chi connectivity index (χ3n) is 3.09. The van der Waals surface area contributed by atoms with Crippen LogP contribution >= 0.6 is 15.9 Å². The molecule has 0 spiro atoms. The lowest BCUT2D eigenvalue weighted by molar-refractivity contribution is 0.467. The Morgan fingerprint density at radius 2 is 2.06 bits per heavy atom. The van der Waals surface area contributed by atoms with Gasteiger partial charge in [0.15, 0.2) is 0 Å². The van der Waals surface area contributed by atoms with E-state index in [1.807, 2.05) is 0 Å². The first-order valence-electron chi connectivity index (χ1n) is 5.94. The molecule has 0 heterocycles. The van der Waals surface area contributed by atoms with Crippen molar-refractivity contribution in [3.05, 3.63) is 46.5 Å².